The fourth-order valence-electron chi connectivity index (χ4n) is 1.34. The van der Waals surface area contributed by atoms with Crippen LogP contribution in [0.3, 0.4) is 0 Å². The van der Waals surface area contributed by atoms with E-state index in [4.69, 9.17) is 4.74 Å². The van der Waals surface area contributed by atoms with Crippen molar-refractivity contribution in [3.63, 3.8) is 0 Å². The predicted octanol–water partition coefficient (Wildman–Crippen LogP) is 2.09. The number of hydrogen-bond acceptors (Lipinski definition) is 3. The third kappa shape index (κ3) is 2.05. The lowest BCUT2D eigenvalue weighted by molar-refractivity contribution is -0.109. The molecule has 1 aromatic carbocycles. The maximum Gasteiger partial charge on any atom is 0.160 e. The largest absolute Gasteiger partial charge is 0.504 e. The first-order valence-electron chi connectivity index (χ1n) is 4.55. The number of methoxy groups -OCH3 is 1. The molecule has 0 spiro atoms. The van der Waals surface area contributed by atoms with E-state index in [2.05, 4.69) is 0 Å². The molecule has 0 aromatic heterocycles. The molecule has 0 saturated carbocycles. The van der Waals surface area contributed by atoms with Crippen molar-refractivity contribution in [2.75, 3.05) is 7.11 Å². The van der Waals surface area contributed by atoms with Gasteiger partial charge in [0.1, 0.15) is 6.29 Å². The third-order valence-electron chi connectivity index (χ3n) is 2.24. The Morgan fingerprint density at radius 1 is 1.57 bits per heavy atom. The predicted molar refractivity (Wildman–Crippen MR) is 53.8 cm³/mol. The van der Waals surface area contributed by atoms with Gasteiger partial charge in [-0.2, -0.15) is 0 Å². The summed E-state index contributed by atoms with van der Waals surface area (Å²) in [7, 11) is 1.49. The van der Waals surface area contributed by atoms with Crippen LogP contribution in [0.5, 0.6) is 11.5 Å². The van der Waals surface area contributed by atoms with Crippen LogP contribution in [0.4, 0.5) is 0 Å². The van der Waals surface area contributed by atoms with E-state index in [0.29, 0.717) is 5.75 Å². The van der Waals surface area contributed by atoms with Gasteiger partial charge in [-0.25, -0.2) is 0 Å². The summed E-state index contributed by atoms with van der Waals surface area (Å²) < 4.78 is 4.96. The summed E-state index contributed by atoms with van der Waals surface area (Å²) in [5.41, 5.74) is 0.872. The zero-order valence-corrected chi connectivity index (χ0v) is 8.36. The second-order valence-corrected chi connectivity index (χ2v) is 3.08. The van der Waals surface area contributed by atoms with Gasteiger partial charge in [-0.05, 0) is 24.1 Å². The highest BCUT2D eigenvalue weighted by Gasteiger charge is 2.10. The Morgan fingerprint density at radius 3 is 2.79 bits per heavy atom. The number of phenolic OH excluding ortho intramolecular Hbond substituents is 1. The van der Waals surface area contributed by atoms with E-state index in [-0.39, 0.29) is 11.7 Å². The second-order valence-electron chi connectivity index (χ2n) is 3.08. The first-order valence-corrected chi connectivity index (χ1v) is 4.55. The molecule has 1 N–H and O–H groups in total. The quantitative estimate of drug-likeness (QED) is 0.746. The molecule has 0 amide bonds. The fourth-order valence-corrected chi connectivity index (χ4v) is 1.34. The minimum Gasteiger partial charge on any atom is -0.504 e. The van der Waals surface area contributed by atoms with Gasteiger partial charge in [-0.1, -0.05) is 13.0 Å². The van der Waals surface area contributed by atoms with Gasteiger partial charge in [0.25, 0.3) is 0 Å². The molecule has 0 unspecified atom stereocenters. The Kier molecular flexibility index (Phi) is 3.51. The van der Waals surface area contributed by atoms with Crippen LogP contribution in [0.15, 0.2) is 18.2 Å². The molecule has 3 heteroatoms. The molecule has 3 nitrogen and oxygen atoms in total. The Labute approximate surface area is 83.3 Å². The van der Waals surface area contributed by atoms with E-state index in [1.165, 1.54) is 7.11 Å². The van der Waals surface area contributed by atoms with E-state index in [1.54, 1.807) is 18.2 Å². The summed E-state index contributed by atoms with van der Waals surface area (Å²) in [6.07, 6.45) is 1.66. The van der Waals surface area contributed by atoms with Gasteiger partial charge in [-0.3, -0.25) is 0 Å². The van der Waals surface area contributed by atoms with Crippen LogP contribution >= 0.6 is 0 Å². The molecule has 0 saturated heterocycles. The smallest absolute Gasteiger partial charge is 0.160 e. The number of rotatable bonds is 4. The molecule has 0 aliphatic rings. The fraction of sp³-hybridized carbons (Fsp3) is 0.364. The first kappa shape index (κ1) is 10.6. The maximum atomic E-state index is 10.7. The molecule has 0 fully saturated rings. The third-order valence-corrected chi connectivity index (χ3v) is 2.24. The Hall–Kier alpha value is -1.51. The van der Waals surface area contributed by atoms with Crippen molar-refractivity contribution in [2.24, 2.45) is 0 Å². The maximum absolute atomic E-state index is 10.7. The van der Waals surface area contributed by atoms with E-state index >= 15 is 0 Å². The number of aromatic hydroxyl groups is 1. The molecule has 0 aliphatic heterocycles. The Bertz CT molecular complexity index is 320. The SMILES string of the molecule is CC[C@H](C=O)c1ccc(O)c(OC)c1. The van der Waals surface area contributed by atoms with Gasteiger partial charge < -0.3 is 14.6 Å². The summed E-state index contributed by atoms with van der Waals surface area (Å²) >= 11 is 0. The summed E-state index contributed by atoms with van der Waals surface area (Å²) in [4.78, 5) is 10.7. The van der Waals surface area contributed by atoms with Crippen LogP contribution in [0, 0.1) is 0 Å². The molecule has 1 atom stereocenters. The highest BCUT2D eigenvalue weighted by molar-refractivity contribution is 5.63. The normalized spacial score (nSPS) is 12.1. The standard InChI is InChI=1S/C11H14O3/c1-3-8(7-12)9-4-5-10(13)11(6-9)14-2/h4-8,13H,3H2,1-2H3/t8-/m1/s1. The molecule has 0 aliphatic carbocycles. The van der Waals surface area contributed by atoms with Crippen molar-refractivity contribution in [1.29, 1.82) is 0 Å². The van der Waals surface area contributed by atoms with Gasteiger partial charge in [0.2, 0.25) is 0 Å². The van der Waals surface area contributed by atoms with Crippen LogP contribution < -0.4 is 4.74 Å². The summed E-state index contributed by atoms with van der Waals surface area (Å²) in [6, 6.07) is 4.97. The second kappa shape index (κ2) is 4.65. The average Bonchev–Trinajstić information content (AvgIpc) is 2.22. The minimum absolute atomic E-state index is 0.0944. The summed E-state index contributed by atoms with van der Waals surface area (Å²) in [5.74, 6) is 0.379. The lowest BCUT2D eigenvalue weighted by atomic mass is 9.98. The van der Waals surface area contributed by atoms with Gasteiger partial charge in [0, 0.05) is 5.92 Å². The van der Waals surface area contributed by atoms with E-state index in [9.17, 15) is 9.90 Å². The molecular weight excluding hydrogens is 180 g/mol. The first-order chi connectivity index (χ1) is 6.72. The summed E-state index contributed by atoms with van der Waals surface area (Å²) in [5, 5.41) is 9.35. The Balaban J connectivity index is 3.04. The lowest BCUT2D eigenvalue weighted by Crippen LogP contribution is -1.98. The number of hydrogen-bond donors (Lipinski definition) is 1. The molecule has 14 heavy (non-hydrogen) atoms. The van der Waals surface area contributed by atoms with Gasteiger partial charge in [-0.15, -0.1) is 0 Å². The van der Waals surface area contributed by atoms with Gasteiger partial charge in [0.05, 0.1) is 7.11 Å². The van der Waals surface area contributed by atoms with E-state index in [0.717, 1.165) is 18.3 Å². The number of ether oxygens (including phenoxy) is 1. The highest BCUT2D eigenvalue weighted by atomic mass is 16.5. The Morgan fingerprint density at radius 2 is 2.29 bits per heavy atom. The lowest BCUT2D eigenvalue weighted by Gasteiger charge is -2.10. The zero-order chi connectivity index (χ0) is 10.6. The van der Waals surface area contributed by atoms with Crippen molar-refractivity contribution >= 4 is 6.29 Å². The topological polar surface area (TPSA) is 46.5 Å². The molecular formula is C11H14O3. The molecule has 0 bridgehead atoms. The van der Waals surface area contributed by atoms with Crippen LogP contribution in [0.1, 0.15) is 24.8 Å². The van der Waals surface area contributed by atoms with Crippen LogP contribution in [-0.4, -0.2) is 18.5 Å². The van der Waals surface area contributed by atoms with Crippen molar-refractivity contribution in [2.45, 2.75) is 19.3 Å². The number of carbonyl (C=O) groups is 1. The van der Waals surface area contributed by atoms with Gasteiger partial charge in [0.15, 0.2) is 11.5 Å². The zero-order valence-electron chi connectivity index (χ0n) is 8.36. The monoisotopic (exact) mass is 194 g/mol. The number of carbonyl (C=O) groups excluding carboxylic acids is 1. The average molecular weight is 194 g/mol. The molecule has 1 aromatic rings. The van der Waals surface area contributed by atoms with Crippen molar-refractivity contribution in [3.8, 4) is 11.5 Å². The van der Waals surface area contributed by atoms with Crippen LogP contribution in [0.25, 0.3) is 0 Å². The number of phenols is 1. The van der Waals surface area contributed by atoms with Crippen molar-refractivity contribution < 1.29 is 14.6 Å². The van der Waals surface area contributed by atoms with E-state index < -0.39 is 0 Å². The number of aldehydes is 1. The van der Waals surface area contributed by atoms with Crippen LogP contribution in [0.2, 0.25) is 0 Å². The molecule has 0 radical (unpaired) electrons. The van der Waals surface area contributed by atoms with Crippen molar-refractivity contribution in [1.82, 2.24) is 0 Å². The minimum atomic E-state index is -0.121. The highest BCUT2D eigenvalue weighted by Crippen LogP contribution is 2.29. The summed E-state index contributed by atoms with van der Waals surface area (Å²) in [6.45, 7) is 1.94. The molecule has 0 heterocycles. The molecule has 1 rings (SSSR count). The molecule has 76 valence electrons. The van der Waals surface area contributed by atoms with E-state index in [1.807, 2.05) is 6.92 Å². The number of benzene rings is 1. The van der Waals surface area contributed by atoms with Crippen molar-refractivity contribution in [3.05, 3.63) is 23.8 Å². The van der Waals surface area contributed by atoms with Gasteiger partial charge >= 0.3 is 0 Å². The van der Waals surface area contributed by atoms with Crippen LogP contribution in [-0.2, 0) is 4.79 Å².